The SMILES string of the molecule is Cc1c(-c2ccccn2)nc2cc(F)cc(F)c2c1Nc1cc(C#N)cc(N2CCOCC2)c1. The molecule has 1 aliphatic rings. The van der Waals surface area contributed by atoms with E-state index in [0.717, 1.165) is 11.8 Å². The highest BCUT2D eigenvalue weighted by Crippen LogP contribution is 2.37. The first-order valence-electron chi connectivity index (χ1n) is 10.9. The molecule has 1 saturated heterocycles. The van der Waals surface area contributed by atoms with E-state index in [1.54, 1.807) is 24.4 Å². The third-order valence-corrected chi connectivity index (χ3v) is 5.85. The fourth-order valence-corrected chi connectivity index (χ4v) is 4.21. The molecule has 2 aromatic heterocycles. The summed E-state index contributed by atoms with van der Waals surface area (Å²) in [7, 11) is 0. The second-order valence-electron chi connectivity index (χ2n) is 8.06. The zero-order chi connectivity index (χ0) is 23.7. The maximum Gasteiger partial charge on any atom is 0.137 e. The molecule has 6 nitrogen and oxygen atoms in total. The fourth-order valence-electron chi connectivity index (χ4n) is 4.21. The Morgan fingerprint density at radius 3 is 2.65 bits per heavy atom. The van der Waals surface area contributed by atoms with Gasteiger partial charge in [0.05, 0.1) is 52.8 Å². The van der Waals surface area contributed by atoms with Crippen LogP contribution in [0, 0.1) is 29.9 Å². The molecule has 2 aromatic carbocycles. The molecule has 0 atom stereocenters. The van der Waals surface area contributed by atoms with Gasteiger partial charge in [0, 0.05) is 48.4 Å². The van der Waals surface area contributed by atoms with Crippen LogP contribution in [0.1, 0.15) is 11.1 Å². The van der Waals surface area contributed by atoms with Crippen molar-refractivity contribution in [2.75, 3.05) is 36.5 Å². The number of anilines is 3. The van der Waals surface area contributed by atoms with Gasteiger partial charge < -0.3 is 15.0 Å². The number of aromatic nitrogens is 2. The molecule has 4 aromatic rings. The average molecular weight is 457 g/mol. The van der Waals surface area contributed by atoms with Crippen LogP contribution >= 0.6 is 0 Å². The number of pyridine rings is 2. The molecule has 1 aliphatic heterocycles. The van der Waals surface area contributed by atoms with Crippen LogP contribution in [0.5, 0.6) is 0 Å². The molecule has 1 fully saturated rings. The maximum absolute atomic E-state index is 15.0. The van der Waals surface area contributed by atoms with Crippen LogP contribution in [0.15, 0.2) is 54.7 Å². The van der Waals surface area contributed by atoms with Crippen molar-refractivity contribution >= 4 is 28.0 Å². The van der Waals surface area contributed by atoms with Crippen LogP contribution in [-0.2, 0) is 4.74 Å². The number of morpholine rings is 1. The highest BCUT2D eigenvalue weighted by atomic mass is 19.1. The molecule has 0 saturated carbocycles. The van der Waals surface area contributed by atoms with Crippen molar-refractivity contribution in [3.63, 3.8) is 0 Å². The molecule has 170 valence electrons. The Morgan fingerprint density at radius 1 is 1.09 bits per heavy atom. The predicted octanol–water partition coefficient (Wildman–Crippen LogP) is 5.34. The van der Waals surface area contributed by atoms with Gasteiger partial charge in [-0.2, -0.15) is 5.26 Å². The standard InChI is InChI=1S/C26H21F2N5O/c1-16-25(22-4-2-3-5-30-22)32-23-13-18(27)12-21(28)24(23)26(16)31-19-10-17(15-29)11-20(14-19)33-6-8-34-9-7-33/h2-5,10-14H,6-9H2,1H3,(H,31,32). The summed E-state index contributed by atoms with van der Waals surface area (Å²) < 4.78 is 34.5. The lowest BCUT2D eigenvalue weighted by Crippen LogP contribution is -2.36. The van der Waals surface area contributed by atoms with Crippen LogP contribution in [0.25, 0.3) is 22.3 Å². The summed E-state index contributed by atoms with van der Waals surface area (Å²) in [6.07, 6.45) is 1.64. The van der Waals surface area contributed by atoms with Crippen molar-refractivity contribution in [1.29, 1.82) is 5.26 Å². The predicted molar refractivity (Wildman–Crippen MR) is 127 cm³/mol. The van der Waals surface area contributed by atoms with E-state index in [1.807, 2.05) is 25.1 Å². The summed E-state index contributed by atoms with van der Waals surface area (Å²) in [6, 6.07) is 15.1. The molecule has 3 heterocycles. The van der Waals surface area contributed by atoms with Crippen molar-refractivity contribution in [3.05, 3.63) is 77.5 Å². The number of ether oxygens (including phenoxy) is 1. The zero-order valence-electron chi connectivity index (χ0n) is 18.5. The molecular weight excluding hydrogens is 436 g/mol. The van der Waals surface area contributed by atoms with Gasteiger partial charge in [-0.25, -0.2) is 13.8 Å². The monoisotopic (exact) mass is 457 g/mol. The van der Waals surface area contributed by atoms with E-state index in [4.69, 9.17) is 4.74 Å². The largest absolute Gasteiger partial charge is 0.378 e. The molecule has 0 radical (unpaired) electrons. The summed E-state index contributed by atoms with van der Waals surface area (Å²) in [5, 5.41) is 13.1. The van der Waals surface area contributed by atoms with Crippen molar-refractivity contribution in [3.8, 4) is 17.5 Å². The molecule has 8 heteroatoms. The molecule has 34 heavy (non-hydrogen) atoms. The van der Waals surface area contributed by atoms with E-state index in [1.165, 1.54) is 6.07 Å². The minimum absolute atomic E-state index is 0.175. The van der Waals surface area contributed by atoms with Gasteiger partial charge in [-0.05, 0) is 37.3 Å². The summed E-state index contributed by atoms with van der Waals surface area (Å²) >= 11 is 0. The number of nitriles is 1. The van der Waals surface area contributed by atoms with Crippen molar-refractivity contribution in [2.45, 2.75) is 6.92 Å². The first kappa shape index (κ1) is 21.7. The number of halogens is 2. The summed E-state index contributed by atoms with van der Waals surface area (Å²) in [6.45, 7) is 4.46. The fraction of sp³-hybridized carbons (Fsp3) is 0.192. The molecule has 1 N–H and O–H groups in total. The van der Waals surface area contributed by atoms with Gasteiger partial charge in [-0.3, -0.25) is 4.98 Å². The highest BCUT2D eigenvalue weighted by molar-refractivity contribution is 5.98. The second-order valence-corrected chi connectivity index (χ2v) is 8.06. The molecule has 5 rings (SSSR count). The van der Waals surface area contributed by atoms with Gasteiger partial charge in [-0.15, -0.1) is 0 Å². The molecule has 0 aliphatic carbocycles. The number of fused-ring (bicyclic) bond motifs is 1. The number of nitrogens with zero attached hydrogens (tertiary/aromatic N) is 4. The van der Waals surface area contributed by atoms with Gasteiger partial charge in [0.25, 0.3) is 0 Å². The Hall–Kier alpha value is -4.09. The van der Waals surface area contributed by atoms with E-state index >= 15 is 4.39 Å². The number of hydrogen-bond acceptors (Lipinski definition) is 6. The zero-order valence-corrected chi connectivity index (χ0v) is 18.5. The molecule has 0 bridgehead atoms. The second kappa shape index (κ2) is 9.04. The van der Waals surface area contributed by atoms with E-state index in [-0.39, 0.29) is 10.9 Å². The van der Waals surface area contributed by atoms with E-state index in [9.17, 15) is 9.65 Å². The molecule has 0 spiro atoms. The van der Waals surface area contributed by atoms with Gasteiger partial charge in [0.1, 0.15) is 11.6 Å². The Kier molecular flexibility index (Phi) is 5.78. The number of nitrogens with one attached hydrogen (secondary N) is 1. The maximum atomic E-state index is 15.0. The van der Waals surface area contributed by atoms with Crippen molar-refractivity contribution < 1.29 is 13.5 Å². The van der Waals surface area contributed by atoms with Gasteiger partial charge in [-0.1, -0.05) is 6.07 Å². The molecular formula is C26H21F2N5O. The smallest absolute Gasteiger partial charge is 0.137 e. The van der Waals surface area contributed by atoms with Crippen LogP contribution in [-0.4, -0.2) is 36.3 Å². The van der Waals surface area contributed by atoms with Crippen LogP contribution < -0.4 is 10.2 Å². The van der Waals surface area contributed by atoms with E-state index in [0.29, 0.717) is 60.2 Å². The number of hydrogen-bond donors (Lipinski definition) is 1. The lowest BCUT2D eigenvalue weighted by Gasteiger charge is -2.29. The first-order chi connectivity index (χ1) is 16.5. The third-order valence-electron chi connectivity index (χ3n) is 5.85. The number of benzene rings is 2. The Bertz CT molecular complexity index is 1410. The van der Waals surface area contributed by atoms with Gasteiger partial charge in [0.15, 0.2) is 0 Å². The normalized spacial score (nSPS) is 13.6. The van der Waals surface area contributed by atoms with Crippen LogP contribution in [0.2, 0.25) is 0 Å². The van der Waals surface area contributed by atoms with Crippen LogP contribution in [0.3, 0.4) is 0 Å². The lowest BCUT2D eigenvalue weighted by molar-refractivity contribution is 0.122. The molecule has 0 amide bonds. The van der Waals surface area contributed by atoms with Gasteiger partial charge >= 0.3 is 0 Å². The van der Waals surface area contributed by atoms with E-state index in [2.05, 4.69) is 26.3 Å². The van der Waals surface area contributed by atoms with Gasteiger partial charge in [0.2, 0.25) is 0 Å². The Labute approximate surface area is 195 Å². The summed E-state index contributed by atoms with van der Waals surface area (Å²) in [4.78, 5) is 11.1. The summed E-state index contributed by atoms with van der Waals surface area (Å²) in [5.74, 6) is -1.43. The van der Waals surface area contributed by atoms with E-state index < -0.39 is 11.6 Å². The van der Waals surface area contributed by atoms with Crippen molar-refractivity contribution in [2.24, 2.45) is 0 Å². The minimum atomic E-state index is -0.717. The number of rotatable bonds is 4. The Morgan fingerprint density at radius 2 is 1.91 bits per heavy atom. The first-order valence-corrected chi connectivity index (χ1v) is 10.9. The topological polar surface area (TPSA) is 74.1 Å². The average Bonchev–Trinajstić information content (AvgIpc) is 2.86. The quantitative estimate of drug-likeness (QED) is 0.446. The third kappa shape index (κ3) is 4.14. The minimum Gasteiger partial charge on any atom is -0.378 e. The Balaban J connectivity index is 1.68. The highest BCUT2D eigenvalue weighted by Gasteiger charge is 2.19. The molecule has 0 unspecified atom stereocenters. The lowest BCUT2D eigenvalue weighted by atomic mass is 10.0. The summed E-state index contributed by atoms with van der Waals surface area (Å²) in [5.41, 5.74) is 4.36. The van der Waals surface area contributed by atoms with Crippen molar-refractivity contribution in [1.82, 2.24) is 9.97 Å². The van der Waals surface area contributed by atoms with Crippen LogP contribution in [0.4, 0.5) is 25.8 Å².